The van der Waals surface area contributed by atoms with Crippen LogP contribution in [0, 0.1) is 5.82 Å². The van der Waals surface area contributed by atoms with Crippen LogP contribution in [0.2, 0.25) is 0 Å². The van der Waals surface area contributed by atoms with E-state index in [0.717, 1.165) is 54.6 Å². The lowest BCUT2D eigenvalue weighted by Gasteiger charge is -2.36. The fraction of sp³-hybridized carbons (Fsp3) is 0.467. The molecule has 1 N–H and O–H groups in total. The number of hydrogen-bond donors (Lipinski definition) is 1. The van der Waals surface area contributed by atoms with Crippen LogP contribution < -0.4 is 5.32 Å². The zero-order valence-electron chi connectivity index (χ0n) is 20.8. The van der Waals surface area contributed by atoms with E-state index in [1.54, 1.807) is 0 Å². The number of halogens is 1. The summed E-state index contributed by atoms with van der Waals surface area (Å²) in [6.45, 7) is 15.9. The van der Waals surface area contributed by atoms with Gasteiger partial charge in [-0.25, -0.2) is 4.39 Å². The maximum absolute atomic E-state index is 13.2. The van der Waals surface area contributed by atoms with E-state index < -0.39 is 0 Å². The van der Waals surface area contributed by atoms with E-state index in [1.807, 2.05) is 12.1 Å². The Morgan fingerprint density at radius 3 is 2.74 bits per heavy atom. The van der Waals surface area contributed by atoms with Crippen LogP contribution in [-0.2, 0) is 13.1 Å². The SMILES string of the molecule is C=C(NCCCN1CCCCC1CCCC)c1ccc2c(c1)C(=C)N(Cc1ccc(F)cc1)C2. The summed E-state index contributed by atoms with van der Waals surface area (Å²) >= 11 is 0. The minimum atomic E-state index is -0.199. The third-order valence-corrected chi connectivity index (χ3v) is 7.40. The molecule has 0 amide bonds. The Labute approximate surface area is 205 Å². The minimum absolute atomic E-state index is 0.199. The van der Waals surface area contributed by atoms with Crippen molar-refractivity contribution >= 4 is 11.4 Å². The molecule has 0 spiro atoms. The lowest BCUT2D eigenvalue weighted by atomic mass is 9.97. The molecule has 34 heavy (non-hydrogen) atoms. The number of unbranched alkanes of at least 4 members (excludes halogenated alkanes) is 1. The predicted molar refractivity (Wildman–Crippen MR) is 142 cm³/mol. The zero-order chi connectivity index (χ0) is 23.9. The van der Waals surface area contributed by atoms with Crippen molar-refractivity contribution in [2.24, 2.45) is 0 Å². The molecule has 2 aliphatic heterocycles. The first-order valence-corrected chi connectivity index (χ1v) is 13.0. The molecular weight excluding hydrogens is 421 g/mol. The van der Waals surface area contributed by atoms with Gasteiger partial charge in [-0.2, -0.15) is 0 Å². The van der Waals surface area contributed by atoms with Gasteiger partial charge in [-0.1, -0.05) is 63.6 Å². The molecule has 4 rings (SSSR count). The van der Waals surface area contributed by atoms with Gasteiger partial charge in [-0.15, -0.1) is 0 Å². The number of rotatable bonds is 11. The summed E-state index contributed by atoms with van der Waals surface area (Å²) in [6, 6.07) is 14.1. The first kappa shape index (κ1) is 24.5. The van der Waals surface area contributed by atoms with Gasteiger partial charge in [0.2, 0.25) is 0 Å². The molecule has 2 aliphatic rings. The van der Waals surface area contributed by atoms with Gasteiger partial charge in [-0.05, 0) is 67.1 Å². The summed E-state index contributed by atoms with van der Waals surface area (Å²) in [5.41, 5.74) is 6.70. The Kier molecular flexibility index (Phi) is 8.44. The molecule has 1 atom stereocenters. The number of hydrogen-bond acceptors (Lipinski definition) is 3. The van der Waals surface area contributed by atoms with Crippen molar-refractivity contribution < 1.29 is 4.39 Å². The van der Waals surface area contributed by atoms with Crippen LogP contribution in [0.1, 0.15) is 74.1 Å². The molecule has 0 saturated carbocycles. The van der Waals surface area contributed by atoms with E-state index in [2.05, 4.69) is 53.4 Å². The third-order valence-electron chi connectivity index (χ3n) is 7.40. The number of piperidine rings is 1. The van der Waals surface area contributed by atoms with E-state index in [-0.39, 0.29) is 5.82 Å². The van der Waals surface area contributed by atoms with Gasteiger partial charge in [-0.3, -0.25) is 0 Å². The van der Waals surface area contributed by atoms with Crippen LogP contribution in [0.25, 0.3) is 11.4 Å². The Bertz CT molecular complexity index is 981. The van der Waals surface area contributed by atoms with Crippen LogP contribution >= 0.6 is 0 Å². The largest absolute Gasteiger partial charge is 0.385 e. The lowest BCUT2D eigenvalue weighted by Crippen LogP contribution is -2.40. The van der Waals surface area contributed by atoms with Gasteiger partial charge in [0.15, 0.2) is 0 Å². The van der Waals surface area contributed by atoms with Crippen LogP contribution in [0.3, 0.4) is 0 Å². The third kappa shape index (κ3) is 6.09. The first-order chi connectivity index (χ1) is 16.5. The summed E-state index contributed by atoms with van der Waals surface area (Å²) in [5.74, 6) is -0.199. The van der Waals surface area contributed by atoms with Crippen molar-refractivity contribution in [2.75, 3.05) is 19.6 Å². The number of benzene rings is 2. The van der Waals surface area contributed by atoms with Crippen molar-refractivity contribution in [1.29, 1.82) is 0 Å². The number of nitrogens with one attached hydrogen (secondary N) is 1. The summed E-state index contributed by atoms with van der Waals surface area (Å²) in [6.07, 6.45) is 9.25. The highest BCUT2D eigenvalue weighted by atomic mass is 19.1. The van der Waals surface area contributed by atoms with E-state index >= 15 is 0 Å². The van der Waals surface area contributed by atoms with Crippen LogP contribution in [-0.4, -0.2) is 35.5 Å². The quantitative estimate of drug-likeness (QED) is 0.371. The molecule has 1 fully saturated rings. The zero-order valence-corrected chi connectivity index (χ0v) is 20.8. The average Bonchev–Trinajstić information content (AvgIpc) is 3.16. The van der Waals surface area contributed by atoms with Crippen molar-refractivity contribution in [3.8, 4) is 0 Å². The number of fused-ring (bicyclic) bond motifs is 1. The number of likely N-dealkylation sites (tertiary alicyclic amines) is 1. The van der Waals surface area contributed by atoms with Gasteiger partial charge < -0.3 is 15.1 Å². The van der Waals surface area contributed by atoms with Gasteiger partial charge >= 0.3 is 0 Å². The molecule has 1 unspecified atom stereocenters. The highest BCUT2D eigenvalue weighted by molar-refractivity contribution is 5.74. The molecule has 2 aromatic carbocycles. The molecule has 0 aromatic heterocycles. The van der Waals surface area contributed by atoms with Crippen LogP contribution in [0.4, 0.5) is 4.39 Å². The Balaban J connectivity index is 1.27. The molecule has 2 aromatic rings. The fourth-order valence-electron chi connectivity index (χ4n) is 5.35. The van der Waals surface area contributed by atoms with Crippen LogP contribution in [0.5, 0.6) is 0 Å². The molecule has 0 bridgehead atoms. The summed E-state index contributed by atoms with van der Waals surface area (Å²) in [5, 5.41) is 3.56. The minimum Gasteiger partial charge on any atom is -0.385 e. The molecular formula is C30H40FN3. The van der Waals surface area contributed by atoms with Crippen molar-refractivity contribution in [3.05, 3.63) is 83.7 Å². The first-order valence-electron chi connectivity index (χ1n) is 13.0. The molecule has 3 nitrogen and oxygen atoms in total. The standard InChI is InChI=1S/C30H40FN3/c1-4-5-9-29-10-6-7-18-33(29)19-8-17-32-23(2)26-13-14-27-22-34(24(3)30(27)20-26)21-25-11-15-28(31)16-12-25/h11-16,20,29,32H,2-10,17-19,21-22H2,1H3. The lowest BCUT2D eigenvalue weighted by molar-refractivity contribution is 0.137. The maximum Gasteiger partial charge on any atom is 0.123 e. The number of nitrogens with zero attached hydrogens (tertiary/aromatic N) is 2. The smallest absolute Gasteiger partial charge is 0.123 e. The normalized spacial score (nSPS) is 18.2. The molecule has 1 saturated heterocycles. The second kappa shape index (κ2) is 11.7. The Morgan fingerprint density at radius 1 is 1.12 bits per heavy atom. The monoisotopic (exact) mass is 461 g/mol. The van der Waals surface area contributed by atoms with Crippen molar-refractivity contribution in [1.82, 2.24) is 15.1 Å². The second-order valence-corrected chi connectivity index (χ2v) is 9.89. The molecule has 4 heteroatoms. The molecule has 182 valence electrons. The highest BCUT2D eigenvalue weighted by Crippen LogP contribution is 2.34. The van der Waals surface area contributed by atoms with E-state index in [0.29, 0.717) is 0 Å². The van der Waals surface area contributed by atoms with Gasteiger partial charge in [0, 0.05) is 49.2 Å². The maximum atomic E-state index is 13.2. The summed E-state index contributed by atoms with van der Waals surface area (Å²) < 4.78 is 13.2. The van der Waals surface area contributed by atoms with Gasteiger partial charge in [0.1, 0.15) is 5.82 Å². The van der Waals surface area contributed by atoms with E-state index in [9.17, 15) is 4.39 Å². The topological polar surface area (TPSA) is 18.5 Å². The Morgan fingerprint density at radius 2 is 1.94 bits per heavy atom. The highest BCUT2D eigenvalue weighted by Gasteiger charge is 2.23. The fourth-order valence-corrected chi connectivity index (χ4v) is 5.35. The second-order valence-electron chi connectivity index (χ2n) is 9.89. The average molecular weight is 462 g/mol. The summed E-state index contributed by atoms with van der Waals surface area (Å²) in [7, 11) is 0. The Hall–Kier alpha value is -2.59. The van der Waals surface area contributed by atoms with E-state index in [4.69, 9.17) is 0 Å². The molecule has 2 heterocycles. The molecule has 0 radical (unpaired) electrons. The predicted octanol–water partition coefficient (Wildman–Crippen LogP) is 6.81. The van der Waals surface area contributed by atoms with Crippen molar-refractivity contribution in [3.63, 3.8) is 0 Å². The van der Waals surface area contributed by atoms with Crippen LogP contribution in [0.15, 0.2) is 55.6 Å². The van der Waals surface area contributed by atoms with Gasteiger partial charge in [0.25, 0.3) is 0 Å². The molecule has 0 aliphatic carbocycles. The summed E-state index contributed by atoms with van der Waals surface area (Å²) in [4.78, 5) is 4.98. The van der Waals surface area contributed by atoms with Crippen molar-refractivity contribution in [2.45, 2.75) is 71.0 Å². The van der Waals surface area contributed by atoms with E-state index in [1.165, 1.54) is 74.9 Å². The van der Waals surface area contributed by atoms with Gasteiger partial charge in [0.05, 0.1) is 0 Å².